The molecule has 0 aliphatic rings. The second-order valence-corrected chi connectivity index (χ2v) is 11.9. The molecule has 194 valence electrons. The maximum absolute atomic E-state index is 12.6. The molecule has 0 radical (unpaired) electrons. The third-order valence-electron chi connectivity index (χ3n) is 5.47. The smallest absolute Gasteiger partial charge is 0.296 e. The van der Waals surface area contributed by atoms with E-state index in [2.05, 4.69) is 0 Å². The van der Waals surface area contributed by atoms with Crippen molar-refractivity contribution in [2.75, 3.05) is 26.4 Å². The van der Waals surface area contributed by atoms with E-state index in [9.17, 15) is 16.8 Å². The Bertz CT molecular complexity index is 1290. The Kier molecular flexibility index (Phi) is 10.2. The molecule has 0 heterocycles. The molecule has 0 aliphatic carbocycles. The second kappa shape index (κ2) is 13.1. The first-order chi connectivity index (χ1) is 17.2. The molecule has 0 spiro atoms. The van der Waals surface area contributed by atoms with Gasteiger partial charge in [0.05, 0.1) is 29.6 Å². The number of rotatable bonds is 14. The Labute approximate surface area is 214 Å². The molecule has 0 amide bonds. The lowest BCUT2D eigenvalue weighted by Gasteiger charge is -2.17. The molecule has 9 heteroatoms. The zero-order valence-corrected chi connectivity index (χ0v) is 22.1. The number of aryl methyl sites for hydroxylation is 2. The highest BCUT2D eigenvalue weighted by atomic mass is 32.2. The predicted molar refractivity (Wildman–Crippen MR) is 138 cm³/mol. The molecule has 0 saturated heterocycles. The second-order valence-electron chi connectivity index (χ2n) is 8.63. The van der Waals surface area contributed by atoms with Crippen LogP contribution in [-0.2, 0) is 39.8 Å². The summed E-state index contributed by atoms with van der Waals surface area (Å²) < 4.78 is 65.9. The number of hydrogen-bond donors (Lipinski definition) is 0. The largest absolute Gasteiger partial charge is 0.381 e. The minimum Gasteiger partial charge on any atom is -0.381 e. The van der Waals surface area contributed by atoms with Crippen molar-refractivity contribution in [2.24, 2.45) is 5.92 Å². The van der Waals surface area contributed by atoms with Gasteiger partial charge in [0.2, 0.25) is 0 Å². The summed E-state index contributed by atoms with van der Waals surface area (Å²) in [6.07, 6.45) is 0.939. The first-order valence-corrected chi connectivity index (χ1v) is 14.5. The van der Waals surface area contributed by atoms with Gasteiger partial charge in [0, 0.05) is 12.5 Å². The van der Waals surface area contributed by atoms with Gasteiger partial charge in [0.15, 0.2) is 0 Å². The Morgan fingerprint density at radius 2 is 1.17 bits per heavy atom. The van der Waals surface area contributed by atoms with Gasteiger partial charge in [-0.15, -0.1) is 0 Å². The number of hydrogen-bond acceptors (Lipinski definition) is 7. The van der Waals surface area contributed by atoms with Crippen LogP contribution >= 0.6 is 0 Å². The maximum Gasteiger partial charge on any atom is 0.296 e. The highest BCUT2D eigenvalue weighted by Gasteiger charge is 2.20. The molecule has 0 aliphatic heterocycles. The summed E-state index contributed by atoms with van der Waals surface area (Å²) in [6.45, 7) is 4.22. The fraction of sp³-hybridized carbons (Fsp3) is 0.333. The van der Waals surface area contributed by atoms with E-state index in [1.165, 1.54) is 24.3 Å². The lowest BCUT2D eigenvalue weighted by Crippen LogP contribution is -2.22. The van der Waals surface area contributed by atoms with Crippen molar-refractivity contribution in [3.8, 4) is 0 Å². The van der Waals surface area contributed by atoms with Crippen LogP contribution in [0.2, 0.25) is 0 Å². The molecule has 0 aromatic heterocycles. The van der Waals surface area contributed by atoms with Crippen LogP contribution in [0.1, 0.15) is 23.1 Å². The summed E-state index contributed by atoms with van der Waals surface area (Å²) >= 11 is 0. The summed E-state index contributed by atoms with van der Waals surface area (Å²) in [5.41, 5.74) is 2.96. The molecule has 36 heavy (non-hydrogen) atoms. The normalized spacial score (nSPS) is 12.9. The van der Waals surface area contributed by atoms with E-state index in [-0.39, 0.29) is 42.1 Å². The molecular weight excluding hydrogens is 500 g/mol. The summed E-state index contributed by atoms with van der Waals surface area (Å²) in [7, 11) is -7.71. The van der Waals surface area contributed by atoms with Crippen molar-refractivity contribution >= 4 is 20.2 Å². The van der Waals surface area contributed by atoms with Crippen LogP contribution in [0.25, 0.3) is 0 Å². The zero-order chi connectivity index (χ0) is 26.0. The van der Waals surface area contributed by atoms with Crippen LogP contribution in [0.4, 0.5) is 0 Å². The van der Waals surface area contributed by atoms with Gasteiger partial charge < -0.3 is 4.74 Å². The lowest BCUT2D eigenvalue weighted by atomic mass is 10.0. The quantitative estimate of drug-likeness (QED) is 0.220. The van der Waals surface area contributed by atoms with Crippen molar-refractivity contribution in [2.45, 2.75) is 36.5 Å². The standard InChI is InChI=1S/C27H32O7S2/c1-22-9-13-26(14-10-22)35(28,29)33-18-6-17-32-20-25(19-24-7-4-3-5-8-24)21-34-36(30,31)27-15-11-23(2)12-16-27/h3-5,7-16,25H,6,17-21H2,1-2H3. The van der Waals surface area contributed by atoms with Crippen LogP contribution in [0, 0.1) is 19.8 Å². The fourth-order valence-corrected chi connectivity index (χ4v) is 5.34. The van der Waals surface area contributed by atoms with E-state index in [0.29, 0.717) is 12.8 Å². The van der Waals surface area contributed by atoms with Crippen LogP contribution in [0.3, 0.4) is 0 Å². The summed E-state index contributed by atoms with van der Waals surface area (Å²) in [5.74, 6) is -0.218. The van der Waals surface area contributed by atoms with Crippen molar-refractivity contribution in [1.82, 2.24) is 0 Å². The summed E-state index contributed by atoms with van der Waals surface area (Å²) in [4.78, 5) is 0.225. The van der Waals surface area contributed by atoms with Gasteiger partial charge in [-0.3, -0.25) is 8.37 Å². The molecule has 3 rings (SSSR count). The first-order valence-electron chi connectivity index (χ1n) is 11.7. The Hall–Kier alpha value is -2.56. The molecule has 0 N–H and O–H groups in total. The maximum atomic E-state index is 12.6. The third kappa shape index (κ3) is 8.83. The van der Waals surface area contributed by atoms with Crippen LogP contribution in [0.15, 0.2) is 88.7 Å². The molecule has 0 bridgehead atoms. The first kappa shape index (κ1) is 28.0. The molecule has 7 nitrogen and oxygen atoms in total. The zero-order valence-electron chi connectivity index (χ0n) is 20.5. The van der Waals surface area contributed by atoms with Gasteiger partial charge >= 0.3 is 0 Å². The molecule has 1 atom stereocenters. The average molecular weight is 533 g/mol. The predicted octanol–water partition coefficient (Wildman–Crippen LogP) is 4.68. The van der Waals surface area contributed by atoms with E-state index in [4.69, 9.17) is 13.1 Å². The van der Waals surface area contributed by atoms with E-state index in [1.807, 2.05) is 44.2 Å². The van der Waals surface area contributed by atoms with E-state index in [0.717, 1.165) is 16.7 Å². The van der Waals surface area contributed by atoms with Gasteiger partial charge in [0.1, 0.15) is 0 Å². The van der Waals surface area contributed by atoms with Crippen molar-refractivity contribution in [3.63, 3.8) is 0 Å². The molecule has 0 saturated carbocycles. The lowest BCUT2D eigenvalue weighted by molar-refractivity contribution is 0.0723. The molecule has 3 aromatic rings. The molecular formula is C27H32O7S2. The van der Waals surface area contributed by atoms with E-state index < -0.39 is 20.2 Å². The summed E-state index contributed by atoms with van der Waals surface area (Å²) in [6, 6.07) is 22.6. The Balaban J connectivity index is 1.50. The molecule has 0 fully saturated rings. The molecule has 3 aromatic carbocycles. The Morgan fingerprint density at radius 1 is 0.639 bits per heavy atom. The van der Waals surface area contributed by atoms with Crippen molar-refractivity contribution in [3.05, 3.63) is 95.6 Å². The van der Waals surface area contributed by atoms with Gasteiger partial charge in [-0.25, -0.2) is 0 Å². The van der Waals surface area contributed by atoms with E-state index in [1.54, 1.807) is 24.3 Å². The SMILES string of the molecule is Cc1ccc(S(=O)(=O)OCCCOCC(COS(=O)(=O)c2ccc(C)cc2)Cc2ccccc2)cc1. The fourth-order valence-electron chi connectivity index (χ4n) is 3.42. The van der Waals surface area contributed by atoms with Gasteiger partial charge in [-0.1, -0.05) is 65.7 Å². The van der Waals surface area contributed by atoms with Crippen molar-refractivity contribution in [1.29, 1.82) is 0 Å². The highest BCUT2D eigenvalue weighted by molar-refractivity contribution is 7.87. The minimum absolute atomic E-state index is 0.0160. The van der Waals surface area contributed by atoms with Crippen molar-refractivity contribution < 1.29 is 29.9 Å². The number of ether oxygens (including phenoxy) is 1. The highest BCUT2D eigenvalue weighted by Crippen LogP contribution is 2.17. The minimum atomic E-state index is -3.89. The van der Waals surface area contributed by atoms with Crippen LogP contribution < -0.4 is 0 Å². The van der Waals surface area contributed by atoms with E-state index >= 15 is 0 Å². The topological polar surface area (TPSA) is 96.0 Å². The number of benzene rings is 3. The van der Waals surface area contributed by atoms with Crippen LogP contribution in [-0.4, -0.2) is 43.3 Å². The van der Waals surface area contributed by atoms with Gasteiger partial charge in [-0.05, 0) is 56.5 Å². The molecule has 1 unspecified atom stereocenters. The average Bonchev–Trinajstić information content (AvgIpc) is 2.85. The summed E-state index contributed by atoms with van der Waals surface area (Å²) in [5, 5.41) is 0. The van der Waals surface area contributed by atoms with Gasteiger partial charge in [-0.2, -0.15) is 16.8 Å². The third-order valence-corrected chi connectivity index (χ3v) is 8.09. The monoisotopic (exact) mass is 532 g/mol. The Morgan fingerprint density at radius 3 is 1.72 bits per heavy atom. The van der Waals surface area contributed by atoms with Crippen LogP contribution in [0.5, 0.6) is 0 Å². The van der Waals surface area contributed by atoms with Gasteiger partial charge in [0.25, 0.3) is 20.2 Å².